The summed E-state index contributed by atoms with van der Waals surface area (Å²) in [7, 11) is 0. The predicted octanol–water partition coefficient (Wildman–Crippen LogP) is 2.56. The van der Waals surface area contributed by atoms with Crippen LogP contribution in [0, 0.1) is 11.7 Å². The fourth-order valence-corrected chi connectivity index (χ4v) is 2.43. The first-order valence-corrected chi connectivity index (χ1v) is 6.84. The van der Waals surface area contributed by atoms with Crippen molar-refractivity contribution < 1.29 is 13.9 Å². The minimum Gasteiger partial charge on any atom is -0.381 e. The zero-order valence-electron chi connectivity index (χ0n) is 10.6. The highest BCUT2D eigenvalue weighted by Gasteiger charge is 2.21. The summed E-state index contributed by atoms with van der Waals surface area (Å²) >= 11 is 5.92. The SMILES string of the molecule is O=C(NCCc1c(F)cccc1Cl)[C@H]1CCCOC1. The number of nitrogens with one attached hydrogen (secondary N) is 1. The van der Waals surface area contributed by atoms with Gasteiger partial charge >= 0.3 is 0 Å². The largest absolute Gasteiger partial charge is 0.381 e. The first kappa shape index (κ1) is 14.3. The van der Waals surface area contributed by atoms with E-state index in [2.05, 4.69) is 5.32 Å². The Hall–Kier alpha value is -1.13. The molecule has 1 N–H and O–H groups in total. The molecule has 1 aromatic carbocycles. The van der Waals surface area contributed by atoms with Gasteiger partial charge in [0.15, 0.2) is 0 Å². The number of halogens is 2. The topological polar surface area (TPSA) is 38.3 Å². The van der Waals surface area contributed by atoms with Crippen molar-refractivity contribution in [3.05, 3.63) is 34.6 Å². The molecule has 0 saturated carbocycles. The van der Waals surface area contributed by atoms with Crippen molar-refractivity contribution in [3.63, 3.8) is 0 Å². The molecule has 1 aliphatic heterocycles. The van der Waals surface area contributed by atoms with Crippen LogP contribution in [0.3, 0.4) is 0 Å². The number of ether oxygens (including phenoxy) is 1. The molecule has 104 valence electrons. The maximum atomic E-state index is 13.5. The molecule has 0 radical (unpaired) electrons. The van der Waals surface area contributed by atoms with Crippen molar-refractivity contribution in [2.24, 2.45) is 5.92 Å². The lowest BCUT2D eigenvalue weighted by molar-refractivity contribution is -0.128. The Morgan fingerprint density at radius 3 is 3.05 bits per heavy atom. The lowest BCUT2D eigenvalue weighted by Gasteiger charge is -2.21. The van der Waals surface area contributed by atoms with Gasteiger partial charge in [0, 0.05) is 23.7 Å². The van der Waals surface area contributed by atoms with Crippen LogP contribution in [-0.4, -0.2) is 25.7 Å². The van der Waals surface area contributed by atoms with Crippen LogP contribution >= 0.6 is 11.6 Å². The number of benzene rings is 1. The van der Waals surface area contributed by atoms with Gasteiger partial charge in [-0.25, -0.2) is 4.39 Å². The second kappa shape index (κ2) is 6.87. The quantitative estimate of drug-likeness (QED) is 0.923. The summed E-state index contributed by atoms with van der Waals surface area (Å²) in [6.45, 7) is 1.59. The summed E-state index contributed by atoms with van der Waals surface area (Å²) in [5, 5.41) is 3.21. The van der Waals surface area contributed by atoms with Crippen LogP contribution in [0.2, 0.25) is 5.02 Å². The van der Waals surface area contributed by atoms with Crippen LogP contribution in [0.4, 0.5) is 4.39 Å². The zero-order chi connectivity index (χ0) is 13.7. The third-order valence-electron chi connectivity index (χ3n) is 3.27. The van der Waals surface area contributed by atoms with Crippen molar-refractivity contribution in [1.29, 1.82) is 0 Å². The molecule has 1 atom stereocenters. The zero-order valence-corrected chi connectivity index (χ0v) is 11.4. The van der Waals surface area contributed by atoms with E-state index in [1.807, 2.05) is 0 Å². The first-order chi connectivity index (χ1) is 9.18. The van der Waals surface area contributed by atoms with Gasteiger partial charge in [0.05, 0.1) is 12.5 Å². The standard InChI is InChI=1S/C14H17ClFNO2/c15-12-4-1-5-13(16)11(12)6-7-17-14(18)10-3-2-8-19-9-10/h1,4-5,10H,2-3,6-9H2,(H,17,18)/t10-/m0/s1. The molecule has 1 heterocycles. The molecular weight excluding hydrogens is 269 g/mol. The lowest BCUT2D eigenvalue weighted by Crippen LogP contribution is -2.36. The third-order valence-corrected chi connectivity index (χ3v) is 3.62. The molecule has 2 rings (SSSR count). The van der Waals surface area contributed by atoms with Gasteiger partial charge in [0.2, 0.25) is 5.91 Å². The van der Waals surface area contributed by atoms with Gasteiger partial charge in [-0.1, -0.05) is 17.7 Å². The monoisotopic (exact) mass is 285 g/mol. The maximum absolute atomic E-state index is 13.5. The van der Waals surface area contributed by atoms with E-state index in [1.54, 1.807) is 12.1 Å². The predicted molar refractivity (Wildman–Crippen MR) is 71.7 cm³/mol. The van der Waals surface area contributed by atoms with Gasteiger partial charge in [0.25, 0.3) is 0 Å². The fraction of sp³-hybridized carbons (Fsp3) is 0.500. The van der Waals surface area contributed by atoms with Gasteiger partial charge in [-0.2, -0.15) is 0 Å². The molecule has 0 unspecified atom stereocenters. The van der Waals surface area contributed by atoms with E-state index < -0.39 is 0 Å². The Morgan fingerprint density at radius 2 is 2.37 bits per heavy atom. The molecular formula is C14H17ClFNO2. The highest BCUT2D eigenvalue weighted by molar-refractivity contribution is 6.31. The summed E-state index contributed by atoms with van der Waals surface area (Å²) in [5.74, 6) is -0.431. The summed E-state index contributed by atoms with van der Waals surface area (Å²) in [6, 6.07) is 4.59. The Kier molecular flexibility index (Phi) is 5.16. The molecule has 5 heteroatoms. The number of rotatable bonds is 4. The summed E-state index contributed by atoms with van der Waals surface area (Å²) < 4.78 is 18.8. The van der Waals surface area contributed by atoms with Crippen LogP contribution in [0.5, 0.6) is 0 Å². The Balaban J connectivity index is 1.81. The van der Waals surface area contributed by atoms with Crippen LogP contribution < -0.4 is 5.32 Å². The Labute approximate surface area is 117 Å². The Morgan fingerprint density at radius 1 is 1.53 bits per heavy atom. The van der Waals surface area contributed by atoms with Crippen molar-refractivity contribution in [2.45, 2.75) is 19.3 Å². The molecule has 0 bridgehead atoms. The van der Waals surface area contributed by atoms with Crippen LogP contribution in [0.1, 0.15) is 18.4 Å². The number of hydrogen-bond acceptors (Lipinski definition) is 2. The van der Waals surface area contributed by atoms with Gasteiger partial charge in [-0.05, 0) is 31.4 Å². The van der Waals surface area contributed by atoms with Crippen molar-refractivity contribution in [3.8, 4) is 0 Å². The molecule has 3 nitrogen and oxygen atoms in total. The van der Waals surface area contributed by atoms with Gasteiger partial charge in [-0.15, -0.1) is 0 Å². The molecule has 1 fully saturated rings. The number of amides is 1. The van der Waals surface area contributed by atoms with Gasteiger partial charge in [0.1, 0.15) is 5.82 Å². The average molecular weight is 286 g/mol. The number of carbonyl (C=O) groups is 1. The van der Waals surface area contributed by atoms with Crippen LogP contribution in [0.25, 0.3) is 0 Å². The van der Waals surface area contributed by atoms with Crippen LogP contribution in [0.15, 0.2) is 18.2 Å². The number of hydrogen-bond donors (Lipinski definition) is 1. The highest BCUT2D eigenvalue weighted by atomic mass is 35.5. The Bertz CT molecular complexity index is 427. The summed E-state index contributed by atoms with van der Waals surface area (Å²) in [6.07, 6.45) is 2.16. The van der Waals surface area contributed by atoms with E-state index >= 15 is 0 Å². The van der Waals surface area contributed by atoms with Gasteiger partial charge < -0.3 is 10.1 Å². The van der Waals surface area contributed by atoms with E-state index in [0.717, 1.165) is 19.4 Å². The molecule has 0 aliphatic carbocycles. The van der Waals surface area contributed by atoms with Crippen LogP contribution in [-0.2, 0) is 16.0 Å². The molecule has 1 aromatic rings. The molecule has 0 spiro atoms. The second-order valence-electron chi connectivity index (χ2n) is 4.66. The number of carbonyl (C=O) groups excluding carboxylic acids is 1. The minimum atomic E-state index is -0.331. The van der Waals surface area contributed by atoms with E-state index in [1.165, 1.54) is 6.07 Å². The van der Waals surface area contributed by atoms with Crippen molar-refractivity contribution in [2.75, 3.05) is 19.8 Å². The third kappa shape index (κ3) is 3.91. The lowest BCUT2D eigenvalue weighted by atomic mass is 10.0. The first-order valence-electron chi connectivity index (χ1n) is 6.47. The van der Waals surface area contributed by atoms with E-state index in [9.17, 15) is 9.18 Å². The van der Waals surface area contributed by atoms with E-state index in [4.69, 9.17) is 16.3 Å². The minimum absolute atomic E-state index is 0.0211. The maximum Gasteiger partial charge on any atom is 0.225 e. The molecule has 19 heavy (non-hydrogen) atoms. The molecule has 1 aliphatic rings. The van der Waals surface area contributed by atoms with Crippen molar-refractivity contribution in [1.82, 2.24) is 5.32 Å². The normalized spacial score (nSPS) is 19.2. The average Bonchev–Trinajstić information content (AvgIpc) is 2.43. The highest BCUT2D eigenvalue weighted by Crippen LogP contribution is 2.19. The van der Waals surface area contributed by atoms with E-state index in [-0.39, 0.29) is 17.6 Å². The second-order valence-corrected chi connectivity index (χ2v) is 5.06. The van der Waals surface area contributed by atoms with E-state index in [0.29, 0.717) is 30.2 Å². The molecule has 1 saturated heterocycles. The fourth-order valence-electron chi connectivity index (χ4n) is 2.17. The molecule has 1 amide bonds. The van der Waals surface area contributed by atoms with Crippen molar-refractivity contribution >= 4 is 17.5 Å². The smallest absolute Gasteiger partial charge is 0.225 e. The summed E-state index contributed by atoms with van der Waals surface area (Å²) in [5.41, 5.74) is 0.448. The van der Waals surface area contributed by atoms with Gasteiger partial charge in [-0.3, -0.25) is 4.79 Å². The molecule has 0 aromatic heterocycles. The summed E-state index contributed by atoms with van der Waals surface area (Å²) in [4.78, 5) is 11.8.